The SMILES string of the molecule is COc1ccc(C2=Nc3cc(C)c(C)cc3N=C(SCC(=O)Nc3cccc(OC)c3)C2)cc1. The van der Waals surface area contributed by atoms with Crippen molar-refractivity contribution in [3.05, 3.63) is 77.4 Å². The summed E-state index contributed by atoms with van der Waals surface area (Å²) in [6.45, 7) is 4.14. The molecule has 1 aliphatic rings. The zero-order valence-corrected chi connectivity index (χ0v) is 20.5. The number of hydrogen-bond acceptors (Lipinski definition) is 6. The Morgan fingerprint density at radius 3 is 2.26 bits per heavy atom. The number of rotatable bonds is 6. The number of carbonyl (C=O) groups excluding carboxylic acids is 1. The number of carbonyl (C=O) groups is 1. The van der Waals surface area contributed by atoms with E-state index in [9.17, 15) is 4.79 Å². The minimum Gasteiger partial charge on any atom is -0.497 e. The van der Waals surface area contributed by atoms with Gasteiger partial charge in [-0.2, -0.15) is 0 Å². The Morgan fingerprint density at radius 2 is 1.59 bits per heavy atom. The van der Waals surface area contributed by atoms with Crippen molar-refractivity contribution in [3.63, 3.8) is 0 Å². The Balaban J connectivity index is 1.57. The largest absolute Gasteiger partial charge is 0.497 e. The Morgan fingerprint density at radius 1 is 0.912 bits per heavy atom. The summed E-state index contributed by atoms with van der Waals surface area (Å²) >= 11 is 1.43. The number of benzene rings is 3. The van der Waals surface area contributed by atoms with Crippen LogP contribution in [0.5, 0.6) is 11.5 Å². The second-order valence-electron chi connectivity index (χ2n) is 7.96. The highest BCUT2D eigenvalue weighted by molar-refractivity contribution is 8.14. The number of nitrogens with one attached hydrogen (secondary N) is 1. The molecule has 1 aliphatic heterocycles. The van der Waals surface area contributed by atoms with Gasteiger partial charge in [0.05, 0.1) is 42.1 Å². The molecule has 3 aromatic rings. The van der Waals surface area contributed by atoms with E-state index in [-0.39, 0.29) is 11.7 Å². The number of aliphatic imine (C=N–C) groups is 2. The quantitative estimate of drug-likeness (QED) is 0.459. The molecule has 0 radical (unpaired) electrons. The summed E-state index contributed by atoms with van der Waals surface area (Å²) in [4.78, 5) is 22.5. The minimum absolute atomic E-state index is 0.103. The molecule has 0 spiro atoms. The monoisotopic (exact) mass is 473 g/mol. The number of anilines is 1. The lowest BCUT2D eigenvalue weighted by molar-refractivity contribution is -0.113. The lowest BCUT2D eigenvalue weighted by Crippen LogP contribution is -2.16. The summed E-state index contributed by atoms with van der Waals surface area (Å²) in [5.74, 6) is 1.63. The third-order valence-corrected chi connectivity index (χ3v) is 6.53. The number of nitrogens with zero attached hydrogens (tertiary/aromatic N) is 2. The molecule has 34 heavy (non-hydrogen) atoms. The molecule has 1 amide bonds. The van der Waals surface area contributed by atoms with Gasteiger partial charge in [0, 0.05) is 18.2 Å². The van der Waals surface area contributed by atoms with Crippen molar-refractivity contribution in [2.75, 3.05) is 25.3 Å². The molecule has 4 rings (SSSR count). The standard InChI is InChI=1S/C27H27N3O3S/c1-17-12-24-25(13-18(17)2)30-27(15-23(29-24)19-8-10-21(32-3)11-9-19)34-16-26(31)28-20-6-5-7-22(14-20)33-4/h5-14H,15-16H2,1-4H3,(H,28,31). The van der Waals surface area contributed by atoms with Crippen LogP contribution in [0.1, 0.15) is 23.1 Å². The molecule has 0 atom stereocenters. The maximum absolute atomic E-state index is 12.6. The first-order chi connectivity index (χ1) is 16.4. The lowest BCUT2D eigenvalue weighted by atomic mass is 10.1. The first kappa shape index (κ1) is 23.6. The highest BCUT2D eigenvalue weighted by atomic mass is 32.2. The van der Waals surface area contributed by atoms with Gasteiger partial charge in [0.2, 0.25) is 5.91 Å². The minimum atomic E-state index is -0.103. The van der Waals surface area contributed by atoms with E-state index in [0.717, 1.165) is 39.0 Å². The predicted molar refractivity (Wildman–Crippen MR) is 141 cm³/mol. The van der Waals surface area contributed by atoms with Crippen LogP contribution < -0.4 is 14.8 Å². The molecule has 6 nitrogen and oxygen atoms in total. The van der Waals surface area contributed by atoms with Crippen molar-refractivity contribution in [2.45, 2.75) is 20.3 Å². The molecule has 174 valence electrons. The van der Waals surface area contributed by atoms with Gasteiger partial charge in [0.25, 0.3) is 0 Å². The number of methoxy groups -OCH3 is 2. The molecule has 7 heteroatoms. The molecule has 0 bridgehead atoms. The molecular weight excluding hydrogens is 446 g/mol. The van der Waals surface area contributed by atoms with Gasteiger partial charge >= 0.3 is 0 Å². The van der Waals surface area contributed by atoms with Gasteiger partial charge in [-0.05, 0) is 79.1 Å². The van der Waals surface area contributed by atoms with Crippen LogP contribution in [0.15, 0.2) is 70.6 Å². The summed E-state index contributed by atoms with van der Waals surface area (Å²) in [5, 5.41) is 3.77. The topological polar surface area (TPSA) is 72.3 Å². The maximum Gasteiger partial charge on any atom is 0.234 e. The van der Waals surface area contributed by atoms with Gasteiger partial charge in [-0.25, -0.2) is 4.99 Å². The molecular formula is C27H27N3O3S. The summed E-state index contributed by atoms with van der Waals surface area (Å²) in [6.07, 6.45) is 0.538. The van der Waals surface area contributed by atoms with Crippen LogP contribution in [0.4, 0.5) is 17.1 Å². The molecule has 0 aromatic heterocycles. The molecule has 0 fully saturated rings. The molecule has 0 aliphatic carbocycles. The Kier molecular flexibility index (Phi) is 7.33. The van der Waals surface area contributed by atoms with Crippen molar-refractivity contribution in [1.82, 2.24) is 0 Å². The van der Waals surface area contributed by atoms with Crippen molar-refractivity contribution in [2.24, 2.45) is 9.98 Å². The maximum atomic E-state index is 12.6. The summed E-state index contributed by atoms with van der Waals surface area (Å²) in [6, 6.07) is 19.3. The zero-order chi connectivity index (χ0) is 24.1. The van der Waals surface area contributed by atoms with E-state index >= 15 is 0 Å². The van der Waals surface area contributed by atoms with Crippen LogP contribution in [0, 0.1) is 13.8 Å². The number of amides is 1. The molecule has 0 unspecified atom stereocenters. The van der Waals surface area contributed by atoms with E-state index in [1.807, 2.05) is 42.5 Å². The van der Waals surface area contributed by atoms with E-state index in [1.165, 1.54) is 17.3 Å². The van der Waals surface area contributed by atoms with E-state index in [0.29, 0.717) is 17.9 Å². The van der Waals surface area contributed by atoms with Crippen LogP contribution in [-0.2, 0) is 4.79 Å². The molecule has 0 saturated carbocycles. The first-order valence-corrected chi connectivity index (χ1v) is 11.9. The fraction of sp³-hybridized carbons (Fsp3) is 0.222. The van der Waals surface area contributed by atoms with Gasteiger partial charge < -0.3 is 14.8 Å². The fourth-order valence-corrected chi connectivity index (χ4v) is 4.32. The van der Waals surface area contributed by atoms with Gasteiger partial charge in [-0.1, -0.05) is 6.07 Å². The third-order valence-electron chi connectivity index (χ3n) is 5.56. The average molecular weight is 474 g/mol. The van der Waals surface area contributed by atoms with Gasteiger partial charge in [0.15, 0.2) is 0 Å². The van der Waals surface area contributed by atoms with Crippen LogP contribution >= 0.6 is 11.8 Å². The Hall–Kier alpha value is -3.58. The van der Waals surface area contributed by atoms with Gasteiger partial charge in [-0.15, -0.1) is 11.8 Å². The van der Waals surface area contributed by atoms with Gasteiger partial charge in [0.1, 0.15) is 11.5 Å². The molecule has 0 saturated heterocycles. The average Bonchev–Trinajstić information content (AvgIpc) is 3.02. The second-order valence-corrected chi connectivity index (χ2v) is 9.01. The number of thioether (sulfide) groups is 1. The fourth-order valence-electron chi connectivity index (χ4n) is 3.55. The number of hydrogen-bond donors (Lipinski definition) is 1. The molecule has 1 N–H and O–H groups in total. The highest BCUT2D eigenvalue weighted by Gasteiger charge is 2.18. The van der Waals surface area contributed by atoms with E-state index < -0.39 is 0 Å². The number of aryl methyl sites for hydroxylation is 2. The second kappa shape index (κ2) is 10.6. The van der Waals surface area contributed by atoms with Crippen molar-refractivity contribution < 1.29 is 14.3 Å². The normalized spacial score (nSPS) is 12.7. The smallest absolute Gasteiger partial charge is 0.234 e. The highest BCUT2D eigenvalue weighted by Crippen LogP contribution is 2.36. The number of ether oxygens (including phenoxy) is 2. The summed E-state index contributed by atoms with van der Waals surface area (Å²) in [5.41, 5.74) is 6.59. The van der Waals surface area contributed by atoms with Crippen LogP contribution in [-0.4, -0.2) is 36.6 Å². The van der Waals surface area contributed by atoms with Crippen molar-refractivity contribution in [3.8, 4) is 11.5 Å². The predicted octanol–water partition coefficient (Wildman–Crippen LogP) is 6.25. The van der Waals surface area contributed by atoms with Crippen LogP contribution in [0.3, 0.4) is 0 Å². The Bertz CT molecular complexity index is 1270. The van der Waals surface area contributed by atoms with Crippen LogP contribution in [0.2, 0.25) is 0 Å². The lowest BCUT2D eigenvalue weighted by Gasteiger charge is -2.09. The first-order valence-electron chi connectivity index (χ1n) is 10.9. The summed E-state index contributed by atoms with van der Waals surface area (Å²) < 4.78 is 10.5. The van der Waals surface area contributed by atoms with Gasteiger partial charge in [-0.3, -0.25) is 9.79 Å². The number of fused-ring (bicyclic) bond motifs is 1. The van der Waals surface area contributed by atoms with Crippen molar-refractivity contribution >= 4 is 45.5 Å². The van der Waals surface area contributed by atoms with E-state index in [4.69, 9.17) is 19.5 Å². The summed E-state index contributed by atoms with van der Waals surface area (Å²) in [7, 11) is 3.25. The molecule has 3 aromatic carbocycles. The van der Waals surface area contributed by atoms with E-state index in [1.54, 1.807) is 20.3 Å². The molecule has 1 heterocycles. The van der Waals surface area contributed by atoms with E-state index in [2.05, 4.69) is 31.3 Å². The third kappa shape index (κ3) is 5.66. The van der Waals surface area contributed by atoms with Crippen molar-refractivity contribution in [1.29, 1.82) is 0 Å². The zero-order valence-electron chi connectivity index (χ0n) is 19.7. The Labute approximate surface area is 204 Å². The van der Waals surface area contributed by atoms with Crippen LogP contribution in [0.25, 0.3) is 0 Å².